The third-order valence-corrected chi connectivity index (χ3v) is 6.08. The molecule has 140 valence electrons. The van der Waals surface area contributed by atoms with E-state index in [1.165, 1.54) is 23.1 Å². The van der Waals surface area contributed by atoms with Crippen LogP contribution < -0.4 is 16.6 Å². The molecule has 0 aliphatic carbocycles. The molecule has 4 N–H and O–H groups in total. The Morgan fingerprint density at radius 3 is 2.72 bits per heavy atom. The number of thiophene rings is 1. The lowest BCUT2D eigenvalue weighted by molar-refractivity contribution is -0.120. The molecule has 0 aliphatic heterocycles. The number of nitrogens with zero attached hydrogens (tertiary/aromatic N) is 1. The molecule has 2 atom stereocenters. The molecule has 25 heavy (non-hydrogen) atoms. The van der Waals surface area contributed by atoms with Gasteiger partial charge in [-0.3, -0.25) is 9.59 Å². The maximum absolute atomic E-state index is 12.2. The quantitative estimate of drug-likeness (QED) is 0.658. The second-order valence-corrected chi connectivity index (χ2v) is 8.52. The molecule has 1 amide bonds. The first-order valence-electron chi connectivity index (χ1n) is 7.93. The van der Waals surface area contributed by atoms with Crippen molar-refractivity contribution in [3.63, 3.8) is 0 Å². The summed E-state index contributed by atoms with van der Waals surface area (Å²) in [5.74, 6) is 1.07. The third-order valence-electron chi connectivity index (χ3n) is 3.83. The zero-order valence-corrected chi connectivity index (χ0v) is 17.3. The summed E-state index contributed by atoms with van der Waals surface area (Å²) in [5.41, 5.74) is 6.55. The number of hydrogen-bond donors (Lipinski definition) is 3. The van der Waals surface area contributed by atoms with E-state index in [2.05, 4.69) is 15.3 Å². The van der Waals surface area contributed by atoms with Crippen molar-refractivity contribution in [2.75, 3.05) is 6.54 Å². The Hall–Kier alpha value is -1.09. The summed E-state index contributed by atoms with van der Waals surface area (Å²) in [5, 5.41) is 3.33. The van der Waals surface area contributed by atoms with Gasteiger partial charge in [0.1, 0.15) is 10.7 Å². The molecule has 0 aliphatic rings. The molecule has 0 radical (unpaired) electrons. The van der Waals surface area contributed by atoms with Crippen molar-refractivity contribution in [2.45, 2.75) is 51.2 Å². The lowest BCUT2D eigenvalue weighted by Crippen LogP contribution is -2.34. The van der Waals surface area contributed by atoms with Gasteiger partial charge in [0, 0.05) is 17.5 Å². The maximum Gasteiger partial charge on any atom is 0.259 e. The molecule has 0 saturated carbocycles. The molecule has 0 saturated heterocycles. The molecular weight excluding hydrogens is 380 g/mol. The van der Waals surface area contributed by atoms with Gasteiger partial charge < -0.3 is 16.0 Å². The number of aromatic amines is 1. The molecule has 0 fully saturated rings. The highest BCUT2D eigenvalue weighted by Gasteiger charge is 2.16. The maximum atomic E-state index is 12.2. The number of halogens is 1. The van der Waals surface area contributed by atoms with E-state index in [0.29, 0.717) is 23.5 Å². The van der Waals surface area contributed by atoms with Gasteiger partial charge in [-0.05, 0) is 39.7 Å². The lowest BCUT2D eigenvalue weighted by Gasteiger charge is -2.12. The average molecular weight is 405 g/mol. The normalized spacial score (nSPS) is 13.3. The van der Waals surface area contributed by atoms with Crippen LogP contribution in [0, 0.1) is 13.8 Å². The van der Waals surface area contributed by atoms with Crippen molar-refractivity contribution in [3.8, 4) is 0 Å². The highest BCUT2D eigenvalue weighted by molar-refractivity contribution is 7.99. The molecule has 2 aromatic heterocycles. The van der Waals surface area contributed by atoms with Crippen LogP contribution in [0.25, 0.3) is 10.2 Å². The molecule has 6 nitrogen and oxygen atoms in total. The predicted octanol–water partition coefficient (Wildman–Crippen LogP) is 2.50. The van der Waals surface area contributed by atoms with Crippen LogP contribution in [0.3, 0.4) is 0 Å². The number of carbonyl (C=O) groups excluding carboxylic acids is 1. The molecule has 2 heterocycles. The van der Waals surface area contributed by atoms with Crippen molar-refractivity contribution in [1.82, 2.24) is 15.3 Å². The lowest BCUT2D eigenvalue weighted by atomic mass is 10.2. The Balaban J connectivity index is 0.00000312. The van der Waals surface area contributed by atoms with Crippen molar-refractivity contribution in [2.24, 2.45) is 5.73 Å². The number of aromatic nitrogens is 2. The van der Waals surface area contributed by atoms with Crippen LogP contribution in [-0.2, 0) is 10.5 Å². The number of fused-ring (bicyclic) bond motifs is 1. The van der Waals surface area contributed by atoms with E-state index in [1.54, 1.807) is 0 Å². The number of hydrogen-bond acceptors (Lipinski definition) is 6. The summed E-state index contributed by atoms with van der Waals surface area (Å²) in [7, 11) is 0. The largest absolute Gasteiger partial charge is 0.355 e. The van der Waals surface area contributed by atoms with Crippen LogP contribution in [0.1, 0.15) is 36.5 Å². The fourth-order valence-corrected chi connectivity index (χ4v) is 4.04. The number of H-pyrrole nitrogens is 1. The van der Waals surface area contributed by atoms with Gasteiger partial charge in [0.2, 0.25) is 5.91 Å². The van der Waals surface area contributed by atoms with Crippen molar-refractivity contribution in [3.05, 3.63) is 26.6 Å². The number of nitrogens with one attached hydrogen (secondary N) is 2. The van der Waals surface area contributed by atoms with Gasteiger partial charge in [-0.25, -0.2) is 4.98 Å². The van der Waals surface area contributed by atoms with Gasteiger partial charge in [-0.15, -0.1) is 35.5 Å². The number of aryl methyl sites for hydroxylation is 2. The highest BCUT2D eigenvalue weighted by Crippen LogP contribution is 2.26. The first kappa shape index (κ1) is 22.0. The summed E-state index contributed by atoms with van der Waals surface area (Å²) < 4.78 is 0. The molecular formula is C16H25ClN4O2S2. The first-order chi connectivity index (χ1) is 11.3. The van der Waals surface area contributed by atoms with Gasteiger partial charge in [0.05, 0.1) is 16.4 Å². The van der Waals surface area contributed by atoms with Crippen LogP contribution in [0.2, 0.25) is 0 Å². The van der Waals surface area contributed by atoms with Crippen LogP contribution in [0.5, 0.6) is 0 Å². The zero-order chi connectivity index (χ0) is 17.9. The van der Waals surface area contributed by atoms with Gasteiger partial charge in [0.15, 0.2) is 0 Å². The Morgan fingerprint density at radius 1 is 1.40 bits per heavy atom. The molecule has 2 rings (SSSR count). The first-order valence-corrected chi connectivity index (χ1v) is 9.80. The van der Waals surface area contributed by atoms with Gasteiger partial charge in [-0.2, -0.15) is 0 Å². The molecule has 2 aromatic rings. The number of carbonyl (C=O) groups is 1. The highest BCUT2D eigenvalue weighted by atomic mass is 35.5. The average Bonchev–Trinajstić information content (AvgIpc) is 2.79. The van der Waals surface area contributed by atoms with E-state index in [4.69, 9.17) is 5.73 Å². The van der Waals surface area contributed by atoms with Crippen molar-refractivity contribution in [1.29, 1.82) is 0 Å². The van der Waals surface area contributed by atoms with E-state index in [9.17, 15) is 9.59 Å². The minimum absolute atomic E-state index is 0. The van der Waals surface area contributed by atoms with Crippen LogP contribution in [0.15, 0.2) is 4.79 Å². The summed E-state index contributed by atoms with van der Waals surface area (Å²) in [6.45, 7) is 8.27. The topological polar surface area (TPSA) is 101 Å². The van der Waals surface area contributed by atoms with Crippen LogP contribution >= 0.6 is 35.5 Å². The number of thioether (sulfide) groups is 1. The fourth-order valence-electron chi connectivity index (χ4n) is 2.21. The fraction of sp³-hybridized carbons (Fsp3) is 0.562. The van der Waals surface area contributed by atoms with Gasteiger partial charge >= 0.3 is 0 Å². The van der Waals surface area contributed by atoms with E-state index in [-0.39, 0.29) is 35.2 Å². The van der Waals surface area contributed by atoms with Crippen molar-refractivity contribution < 1.29 is 4.79 Å². The third kappa shape index (κ3) is 5.70. The number of rotatable bonds is 7. The second-order valence-electron chi connectivity index (χ2n) is 5.99. The minimum Gasteiger partial charge on any atom is -0.355 e. The van der Waals surface area contributed by atoms with Crippen molar-refractivity contribution >= 4 is 51.6 Å². The van der Waals surface area contributed by atoms with E-state index in [1.807, 2.05) is 27.7 Å². The molecule has 9 heteroatoms. The Labute approximate surface area is 161 Å². The molecule has 0 spiro atoms. The van der Waals surface area contributed by atoms with Crippen LogP contribution in [-0.4, -0.2) is 33.7 Å². The summed E-state index contributed by atoms with van der Waals surface area (Å²) in [6.07, 6.45) is 0.756. The summed E-state index contributed by atoms with van der Waals surface area (Å²) in [4.78, 5) is 33.5. The Morgan fingerprint density at radius 2 is 2.08 bits per heavy atom. The van der Waals surface area contributed by atoms with E-state index < -0.39 is 0 Å². The number of amides is 1. The zero-order valence-electron chi connectivity index (χ0n) is 14.8. The minimum atomic E-state index is -0.217. The Kier molecular flexibility index (Phi) is 8.40. The predicted molar refractivity (Wildman–Crippen MR) is 109 cm³/mol. The molecule has 0 bridgehead atoms. The SMILES string of the molecule is Cc1sc2nc(CSC(C)C(=O)NCCC(C)N)[nH]c(=O)c2c1C.Cl. The molecule has 0 aromatic carbocycles. The molecule has 2 unspecified atom stereocenters. The second kappa shape index (κ2) is 9.56. The van der Waals surface area contributed by atoms with E-state index >= 15 is 0 Å². The van der Waals surface area contributed by atoms with E-state index in [0.717, 1.165) is 21.7 Å². The monoisotopic (exact) mass is 404 g/mol. The van der Waals surface area contributed by atoms with Crippen LogP contribution in [0.4, 0.5) is 0 Å². The van der Waals surface area contributed by atoms with Gasteiger partial charge in [-0.1, -0.05) is 0 Å². The number of nitrogens with two attached hydrogens (primary N) is 1. The van der Waals surface area contributed by atoms with Gasteiger partial charge in [0.25, 0.3) is 5.56 Å². The summed E-state index contributed by atoms with van der Waals surface area (Å²) in [6, 6.07) is 0.0759. The Bertz CT molecular complexity index is 788. The smallest absolute Gasteiger partial charge is 0.259 e. The standard InChI is InChI=1S/C16H24N4O2S2.ClH/c1-8(17)5-6-18-14(21)11(4)23-7-12-19-15(22)13-9(2)10(3)24-16(13)20-12;/h8,11H,5-7,17H2,1-4H3,(H,18,21)(H,19,20,22);1H. The summed E-state index contributed by atoms with van der Waals surface area (Å²) >= 11 is 2.98.